The molecule has 31 heavy (non-hydrogen) atoms. The summed E-state index contributed by atoms with van der Waals surface area (Å²) in [4.78, 5) is 10.3. The van der Waals surface area contributed by atoms with Crippen molar-refractivity contribution in [1.29, 1.82) is 5.26 Å². The van der Waals surface area contributed by atoms with Crippen LogP contribution in [-0.4, -0.2) is 12.0 Å². The molecular formula is C23H16Cl2N2O4. The largest absolute Gasteiger partial charge is 0.493 e. The molecule has 3 aromatic carbocycles. The lowest BCUT2D eigenvalue weighted by molar-refractivity contribution is -0.384. The van der Waals surface area contributed by atoms with E-state index < -0.39 is 4.92 Å². The molecule has 0 N–H and O–H groups in total. The average Bonchev–Trinajstić information content (AvgIpc) is 2.78. The Morgan fingerprint density at radius 1 is 1.06 bits per heavy atom. The van der Waals surface area contributed by atoms with Crippen LogP contribution < -0.4 is 9.47 Å². The quantitative estimate of drug-likeness (QED) is 0.174. The molecule has 0 spiro atoms. The lowest BCUT2D eigenvalue weighted by Crippen LogP contribution is -1.98. The van der Waals surface area contributed by atoms with E-state index in [1.807, 2.05) is 6.07 Å². The Morgan fingerprint density at radius 2 is 1.81 bits per heavy atom. The Bertz CT molecular complexity index is 1190. The molecule has 8 heteroatoms. The van der Waals surface area contributed by atoms with Gasteiger partial charge in [0.2, 0.25) is 0 Å². The molecule has 3 rings (SSSR count). The first-order valence-corrected chi connectivity index (χ1v) is 9.78. The summed E-state index contributed by atoms with van der Waals surface area (Å²) in [6.45, 7) is 0.272. The van der Waals surface area contributed by atoms with Gasteiger partial charge in [-0.3, -0.25) is 10.1 Å². The van der Waals surface area contributed by atoms with E-state index in [2.05, 4.69) is 6.07 Å². The van der Waals surface area contributed by atoms with Crippen molar-refractivity contribution >= 4 is 40.5 Å². The summed E-state index contributed by atoms with van der Waals surface area (Å²) in [5.74, 6) is 1.02. The number of hydrogen-bond acceptors (Lipinski definition) is 5. The van der Waals surface area contributed by atoms with Crippen LogP contribution in [0.15, 0.2) is 60.7 Å². The predicted octanol–water partition coefficient (Wildman–Crippen LogP) is 6.55. The fourth-order valence-corrected chi connectivity index (χ4v) is 3.11. The number of rotatable bonds is 7. The maximum absolute atomic E-state index is 10.8. The maximum Gasteiger partial charge on any atom is 0.269 e. The monoisotopic (exact) mass is 454 g/mol. The highest BCUT2D eigenvalue weighted by Gasteiger charge is 2.10. The SMILES string of the molecule is COc1cc(/C=C(/C#N)c2ccc([N+](=O)[O-])cc2)ccc1OCc1ccc(Cl)c(Cl)c1. The van der Waals surface area contributed by atoms with Crippen LogP contribution in [0.4, 0.5) is 5.69 Å². The highest BCUT2D eigenvalue weighted by atomic mass is 35.5. The van der Waals surface area contributed by atoms with E-state index >= 15 is 0 Å². The molecule has 0 atom stereocenters. The van der Waals surface area contributed by atoms with Gasteiger partial charge < -0.3 is 9.47 Å². The molecule has 156 valence electrons. The number of benzene rings is 3. The summed E-state index contributed by atoms with van der Waals surface area (Å²) >= 11 is 12.0. The molecule has 0 heterocycles. The first kappa shape index (κ1) is 22.2. The molecule has 0 amide bonds. The van der Waals surface area contributed by atoms with Gasteiger partial charge in [-0.25, -0.2) is 0 Å². The average molecular weight is 455 g/mol. The number of hydrogen-bond donors (Lipinski definition) is 0. The fraction of sp³-hybridized carbons (Fsp3) is 0.0870. The van der Waals surface area contributed by atoms with Gasteiger partial charge in [0.1, 0.15) is 6.61 Å². The Labute approximate surface area is 189 Å². The number of nitrogens with zero attached hydrogens (tertiary/aromatic N) is 2. The van der Waals surface area contributed by atoms with Crippen LogP contribution in [0, 0.1) is 21.4 Å². The van der Waals surface area contributed by atoms with Crippen molar-refractivity contribution in [1.82, 2.24) is 0 Å². The van der Waals surface area contributed by atoms with Crippen molar-refractivity contribution < 1.29 is 14.4 Å². The molecule has 0 bridgehead atoms. The summed E-state index contributed by atoms with van der Waals surface area (Å²) < 4.78 is 11.3. The third-order valence-electron chi connectivity index (χ3n) is 4.39. The van der Waals surface area contributed by atoms with E-state index in [-0.39, 0.29) is 12.3 Å². The van der Waals surface area contributed by atoms with Crippen LogP contribution in [0.2, 0.25) is 10.0 Å². The van der Waals surface area contributed by atoms with E-state index in [0.717, 1.165) is 5.56 Å². The minimum atomic E-state index is -0.485. The molecule has 0 radical (unpaired) electrons. The molecule has 0 aromatic heterocycles. The number of nitro groups is 1. The van der Waals surface area contributed by atoms with Crippen LogP contribution in [-0.2, 0) is 6.61 Å². The van der Waals surface area contributed by atoms with Gasteiger partial charge in [0.15, 0.2) is 11.5 Å². The van der Waals surface area contributed by atoms with E-state index in [1.54, 1.807) is 48.5 Å². The lowest BCUT2D eigenvalue weighted by atomic mass is 10.0. The zero-order chi connectivity index (χ0) is 22.4. The second-order valence-electron chi connectivity index (χ2n) is 6.42. The molecule has 6 nitrogen and oxygen atoms in total. The van der Waals surface area contributed by atoms with Crippen LogP contribution in [0.3, 0.4) is 0 Å². The van der Waals surface area contributed by atoms with Crippen molar-refractivity contribution in [2.24, 2.45) is 0 Å². The Hall–Kier alpha value is -3.53. The maximum atomic E-state index is 10.8. The van der Waals surface area contributed by atoms with Crippen molar-refractivity contribution in [3.63, 3.8) is 0 Å². The summed E-state index contributed by atoms with van der Waals surface area (Å²) in [6, 6.07) is 18.5. The molecule has 0 saturated heterocycles. The van der Waals surface area contributed by atoms with Crippen molar-refractivity contribution in [3.8, 4) is 17.6 Å². The van der Waals surface area contributed by atoms with Crippen molar-refractivity contribution in [2.45, 2.75) is 6.61 Å². The van der Waals surface area contributed by atoms with Gasteiger partial charge in [-0.15, -0.1) is 0 Å². The third-order valence-corrected chi connectivity index (χ3v) is 5.13. The number of non-ortho nitro benzene ring substituents is 1. The first-order valence-electron chi connectivity index (χ1n) is 9.02. The highest BCUT2D eigenvalue weighted by molar-refractivity contribution is 6.42. The van der Waals surface area contributed by atoms with Crippen LogP contribution in [0.5, 0.6) is 11.5 Å². The number of ether oxygens (including phenoxy) is 2. The Morgan fingerprint density at radius 3 is 2.42 bits per heavy atom. The van der Waals surface area contributed by atoms with Gasteiger partial charge >= 0.3 is 0 Å². The summed E-state index contributed by atoms with van der Waals surface area (Å²) in [5, 5.41) is 21.3. The van der Waals surface area contributed by atoms with Gasteiger partial charge in [-0.1, -0.05) is 35.3 Å². The Balaban J connectivity index is 1.81. The first-order chi connectivity index (χ1) is 14.9. The van der Waals surface area contributed by atoms with Crippen LogP contribution >= 0.6 is 23.2 Å². The molecule has 0 aliphatic carbocycles. The van der Waals surface area contributed by atoms with Crippen molar-refractivity contribution in [2.75, 3.05) is 7.11 Å². The van der Waals surface area contributed by atoms with E-state index in [1.165, 1.54) is 19.2 Å². The van der Waals surface area contributed by atoms with E-state index in [4.69, 9.17) is 32.7 Å². The molecule has 0 aliphatic rings. The van der Waals surface area contributed by atoms with Gasteiger partial charge in [0, 0.05) is 12.1 Å². The van der Waals surface area contributed by atoms with Gasteiger partial charge in [-0.2, -0.15) is 5.26 Å². The smallest absolute Gasteiger partial charge is 0.269 e. The zero-order valence-electron chi connectivity index (χ0n) is 16.3. The summed E-state index contributed by atoms with van der Waals surface area (Å²) in [5.41, 5.74) is 2.47. The Kier molecular flexibility index (Phi) is 7.14. The predicted molar refractivity (Wildman–Crippen MR) is 120 cm³/mol. The molecular weight excluding hydrogens is 439 g/mol. The van der Waals surface area contributed by atoms with Crippen LogP contribution in [0.25, 0.3) is 11.6 Å². The molecule has 0 fully saturated rings. The van der Waals surface area contributed by atoms with Crippen LogP contribution in [0.1, 0.15) is 16.7 Å². The second-order valence-corrected chi connectivity index (χ2v) is 7.24. The minimum Gasteiger partial charge on any atom is -0.493 e. The van der Waals surface area contributed by atoms with Gasteiger partial charge in [0.25, 0.3) is 5.69 Å². The molecule has 3 aromatic rings. The lowest BCUT2D eigenvalue weighted by Gasteiger charge is -2.12. The standard InChI is InChI=1S/C23H16Cl2N2O4/c1-30-23-12-15(10-18(13-26)17-4-6-19(7-5-17)27(28)29)3-9-22(23)31-14-16-2-8-20(24)21(25)11-16/h2-12H,14H2,1H3/b18-10-. The normalized spacial score (nSPS) is 11.0. The number of nitriles is 1. The van der Waals surface area contributed by atoms with Crippen molar-refractivity contribution in [3.05, 3.63) is 97.5 Å². The molecule has 0 saturated carbocycles. The molecule has 0 aliphatic heterocycles. The summed E-state index contributed by atoms with van der Waals surface area (Å²) in [6.07, 6.45) is 1.67. The zero-order valence-corrected chi connectivity index (χ0v) is 17.9. The minimum absolute atomic E-state index is 0.0359. The number of allylic oxidation sites excluding steroid dienone is 1. The number of methoxy groups -OCH3 is 1. The van der Waals surface area contributed by atoms with Gasteiger partial charge in [0.05, 0.1) is 33.7 Å². The second kappa shape index (κ2) is 9.98. The fourth-order valence-electron chi connectivity index (χ4n) is 2.79. The third kappa shape index (κ3) is 5.54. The van der Waals surface area contributed by atoms with E-state index in [0.29, 0.717) is 38.2 Å². The topological polar surface area (TPSA) is 85.4 Å². The number of nitro benzene ring substituents is 1. The number of halogens is 2. The molecule has 0 unspecified atom stereocenters. The highest BCUT2D eigenvalue weighted by Crippen LogP contribution is 2.31. The van der Waals surface area contributed by atoms with Gasteiger partial charge in [-0.05, 0) is 59.2 Å². The van der Waals surface area contributed by atoms with E-state index in [9.17, 15) is 15.4 Å². The summed E-state index contributed by atoms with van der Waals surface area (Å²) in [7, 11) is 1.52.